The molecule has 0 spiro atoms. The Balaban J connectivity index is 1.43. The molecule has 0 radical (unpaired) electrons. The summed E-state index contributed by atoms with van der Waals surface area (Å²) in [6.45, 7) is 14.1. The maximum Gasteiger partial charge on any atom is 0.374 e. The van der Waals surface area contributed by atoms with Crippen molar-refractivity contribution in [1.29, 1.82) is 0 Å². The van der Waals surface area contributed by atoms with Crippen LogP contribution in [0.4, 0.5) is 8.78 Å². The van der Waals surface area contributed by atoms with Crippen molar-refractivity contribution in [1.82, 2.24) is 0 Å². The molecule has 4 aromatic carbocycles. The van der Waals surface area contributed by atoms with Gasteiger partial charge in [0.05, 0.1) is 12.2 Å². The van der Waals surface area contributed by atoms with Gasteiger partial charge in [0, 0.05) is 25.0 Å². The zero-order valence-corrected chi connectivity index (χ0v) is 42.6. The van der Waals surface area contributed by atoms with Crippen molar-refractivity contribution in [2.24, 2.45) is 11.3 Å². The number of halogens is 2. The van der Waals surface area contributed by atoms with Crippen LogP contribution in [0, 0.1) is 23.0 Å². The van der Waals surface area contributed by atoms with Crippen LogP contribution in [0.3, 0.4) is 0 Å². The zero-order valence-electron chi connectivity index (χ0n) is 42.6. The van der Waals surface area contributed by atoms with Crippen molar-refractivity contribution in [2.45, 2.75) is 118 Å². The Kier molecular flexibility index (Phi) is 20.8. The van der Waals surface area contributed by atoms with Gasteiger partial charge in [-0.2, -0.15) is 0 Å². The standard InChI is InChI=1S/C59H68F2O11/c1-9-11-12-14-41-16-18-43(19-17-41)44-20-22-45(23-21-44)49-31-51(60)54(52(61)32-49)48-24-26-50(42(10-2)29-48)46-25-27-53(47(30-46)15-13-28-68-55(64)37(3)4)69-33-59(34-70-56(65)38(5)6,35-71-57(66)39(7)62)36-72-58(67)40(8)63/h20-27,29-32,41,43H,3,5,9-19,28,33-36H2,1-2,4,6-8H3. The number of ether oxygens (including phenoxy) is 5. The SMILES string of the molecule is C=C(C)C(=O)OCCCc1cc(-c2ccc(-c3c(F)cc(-c4ccc(C5CCC(CCCCC)CC5)cc4)cc3F)cc2CC)ccc1OCC(COC(=O)C(=C)C)(COC(=O)C(C)=O)COC(=O)C(C)=O. The number of rotatable bonds is 26. The Bertz CT molecular complexity index is 2530. The Hall–Kier alpha value is -6.76. The maximum absolute atomic E-state index is 16.1. The summed E-state index contributed by atoms with van der Waals surface area (Å²) in [4.78, 5) is 73.3. The third-order valence-corrected chi connectivity index (χ3v) is 13.1. The van der Waals surface area contributed by atoms with Crippen LogP contribution in [0.5, 0.6) is 5.75 Å². The monoisotopic (exact) mass is 990 g/mol. The summed E-state index contributed by atoms with van der Waals surface area (Å²) in [5.74, 6) is -5.38. The lowest BCUT2D eigenvalue weighted by Crippen LogP contribution is -2.45. The summed E-state index contributed by atoms with van der Waals surface area (Å²) in [7, 11) is 0. The van der Waals surface area contributed by atoms with E-state index >= 15 is 8.78 Å². The van der Waals surface area contributed by atoms with Crippen LogP contribution in [0.1, 0.15) is 122 Å². The third kappa shape index (κ3) is 15.6. The van der Waals surface area contributed by atoms with Crippen LogP contribution >= 0.6 is 0 Å². The summed E-state index contributed by atoms with van der Waals surface area (Å²) in [5, 5.41) is 0. The minimum absolute atomic E-state index is 0.0361. The molecule has 0 heterocycles. The summed E-state index contributed by atoms with van der Waals surface area (Å²) in [5.41, 5.74) is 4.26. The Morgan fingerprint density at radius 1 is 0.583 bits per heavy atom. The second kappa shape index (κ2) is 26.6. The molecule has 0 aromatic heterocycles. The molecular formula is C59H68F2O11. The quantitative estimate of drug-likeness (QED) is 0.0195. The first kappa shape index (κ1) is 56.2. The predicted molar refractivity (Wildman–Crippen MR) is 272 cm³/mol. The summed E-state index contributed by atoms with van der Waals surface area (Å²) in [6.07, 6.45) is 11.1. The molecule has 0 unspecified atom stereocenters. The maximum atomic E-state index is 16.1. The molecule has 5 rings (SSSR count). The van der Waals surface area contributed by atoms with Crippen molar-refractivity contribution in [3.05, 3.63) is 125 Å². The summed E-state index contributed by atoms with van der Waals surface area (Å²) in [6, 6.07) is 21.4. The number of ketones is 2. The van der Waals surface area contributed by atoms with Gasteiger partial charge in [-0.05, 0) is 139 Å². The average molecular weight is 991 g/mol. The molecule has 384 valence electrons. The smallest absolute Gasteiger partial charge is 0.374 e. The average Bonchev–Trinajstić information content (AvgIpc) is 3.36. The minimum Gasteiger partial charge on any atom is -0.492 e. The van der Waals surface area contributed by atoms with E-state index in [1.54, 1.807) is 30.3 Å². The second-order valence-electron chi connectivity index (χ2n) is 19.1. The van der Waals surface area contributed by atoms with Crippen LogP contribution in [0.15, 0.2) is 97.1 Å². The zero-order chi connectivity index (χ0) is 52.5. The number of esters is 4. The van der Waals surface area contributed by atoms with Crippen LogP contribution in [-0.4, -0.2) is 68.5 Å². The van der Waals surface area contributed by atoms with E-state index in [4.69, 9.17) is 23.7 Å². The number of aryl methyl sites for hydroxylation is 2. The van der Waals surface area contributed by atoms with E-state index in [0.717, 1.165) is 54.9 Å². The predicted octanol–water partition coefficient (Wildman–Crippen LogP) is 12.2. The van der Waals surface area contributed by atoms with E-state index in [-0.39, 0.29) is 23.3 Å². The van der Waals surface area contributed by atoms with E-state index in [9.17, 15) is 28.8 Å². The molecule has 1 aliphatic carbocycles. The van der Waals surface area contributed by atoms with Gasteiger partial charge in [-0.1, -0.05) is 101 Å². The fraction of sp³-hybridized carbons (Fsp3) is 0.424. The number of unbranched alkanes of at least 4 members (excludes halogenated alkanes) is 2. The van der Waals surface area contributed by atoms with Gasteiger partial charge in [0.1, 0.15) is 49.2 Å². The van der Waals surface area contributed by atoms with Crippen molar-refractivity contribution in [3.8, 4) is 39.1 Å². The number of hydrogen-bond donors (Lipinski definition) is 0. The Labute approximate surface area is 422 Å². The fourth-order valence-corrected chi connectivity index (χ4v) is 8.85. The van der Waals surface area contributed by atoms with Crippen LogP contribution in [0.25, 0.3) is 33.4 Å². The number of hydrogen-bond acceptors (Lipinski definition) is 11. The van der Waals surface area contributed by atoms with Gasteiger partial charge in [0.2, 0.25) is 11.6 Å². The lowest BCUT2D eigenvalue weighted by molar-refractivity contribution is -0.168. The molecule has 1 aliphatic rings. The van der Waals surface area contributed by atoms with Crippen molar-refractivity contribution in [2.75, 3.05) is 33.0 Å². The van der Waals surface area contributed by atoms with Gasteiger partial charge >= 0.3 is 23.9 Å². The largest absolute Gasteiger partial charge is 0.492 e. The number of carbonyl (C=O) groups is 6. The molecule has 1 saturated carbocycles. The first-order valence-electron chi connectivity index (χ1n) is 24.8. The van der Waals surface area contributed by atoms with Gasteiger partial charge in [-0.25, -0.2) is 28.0 Å². The topological polar surface area (TPSA) is 149 Å². The first-order valence-corrected chi connectivity index (χ1v) is 24.8. The third-order valence-electron chi connectivity index (χ3n) is 13.1. The van der Waals surface area contributed by atoms with Crippen molar-refractivity contribution < 1.29 is 61.2 Å². The van der Waals surface area contributed by atoms with Gasteiger partial charge in [0.25, 0.3) is 0 Å². The molecule has 1 fully saturated rings. The van der Waals surface area contributed by atoms with Gasteiger partial charge in [-0.3, -0.25) is 9.59 Å². The first-order chi connectivity index (χ1) is 34.3. The molecule has 0 amide bonds. The molecular weight excluding hydrogens is 923 g/mol. The molecule has 0 N–H and O–H groups in total. The van der Waals surface area contributed by atoms with Crippen molar-refractivity contribution in [3.63, 3.8) is 0 Å². The molecule has 13 heteroatoms. The van der Waals surface area contributed by atoms with E-state index in [1.165, 1.54) is 70.1 Å². The minimum atomic E-state index is -1.64. The van der Waals surface area contributed by atoms with E-state index in [1.807, 2.05) is 25.1 Å². The summed E-state index contributed by atoms with van der Waals surface area (Å²) >= 11 is 0. The highest BCUT2D eigenvalue weighted by atomic mass is 19.1. The van der Waals surface area contributed by atoms with Gasteiger partial charge in [-0.15, -0.1) is 0 Å². The number of carbonyl (C=O) groups excluding carboxylic acids is 6. The van der Waals surface area contributed by atoms with Gasteiger partial charge < -0.3 is 23.7 Å². The number of benzene rings is 4. The highest BCUT2D eigenvalue weighted by Crippen LogP contribution is 2.40. The number of Topliss-reactive ketones (excluding diaryl/α,β-unsaturated/α-hetero) is 2. The highest BCUT2D eigenvalue weighted by Gasteiger charge is 2.38. The van der Waals surface area contributed by atoms with E-state index < -0.39 is 78.9 Å². The fourth-order valence-electron chi connectivity index (χ4n) is 8.85. The molecule has 4 aromatic rings. The molecule has 0 bridgehead atoms. The lowest BCUT2D eigenvalue weighted by Gasteiger charge is -2.32. The van der Waals surface area contributed by atoms with E-state index in [2.05, 4.69) is 32.2 Å². The molecule has 11 nitrogen and oxygen atoms in total. The van der Waals surface area contributed by atoms with Crippen LogP contribution in [0.2, 0.25) is 0 Å². The Morgan fingerprint density at radius 3 is 1.68 bits per heavy atom. The summed E-state index contributed by atoms with van der Waals surface area (Å²) < 4.78 is 59.9. The highest BCUT2D eigenvalue weighted by molar-refractivity contribution is 6.32. The van der Waals surface area contributed by atoms with Crippen molar-refractivity contribution >= 4 is 35.4 Å². The Morgan fingerprint density at radius 2 is 1.12 bits per heavy atom. The molecule has 0 aliphatic heterocycles. The van der Waals surface area contributed by atoms with Crippen LogP contribution in [-0.2, 0) is 60.6 Å². The second-order valence-corrected chi connectivity index (χ2v) is 19.1. The van der Waals surface area contributed by atoms with E-state index in [0.29, 0.717) is 47.6 Å². The molecule has 0 atom stereocenters. The normalized spacial score (nSPS) is 14.4. The van der Waals surface area contributed by atoms with Crippen LogP contribution < -0.4 is 4.74 Å². The molecule has 0 saturated heterocycles. The van der Waals surface area contributed by atoms with Gasteiger partial charge in [0.15, 0.2) is 0 Å². The molecule has 72 heavy (non-hydrogen) atoms. The lowest BCUT2D eigenvalue weighted by atomic mass is 9.77.